The number of piperidine rings is 1. The molecule has 0 spiro atoms. The topological polar surface area (TPSA) is 66.5 Å². The number of carbonyl (C=O) groups is 1. The summed E-state index contributed by atoms with van der Waals surface area (Å²) in [6.45, 7) is 0.367. The molecule has 1 saturated heterocycles. The molecule has 1 aliphatic heterocycles. The summed E-state index contributed by atoms with van der Waals surface area (Å²) in [5, 5.41) is 3.52. The SMILES string of the molecule is O=C(Nc1cc(Cl)cc(Cl)c1)[C@@H]1CCCN(S(=O)(=O)c2ccc(F)cc2)C1. The molecule has 1 N–H and O–H groups in total. The molecule has 3 rings (SSSR count). The van der Waals surface area contributed by atoms with Crippen LogP contribution in [0, 0.1) is 11.7 Å². The van der Waals surface area contributed by atoms with Crippen molar-refractivity contribution in [1.29, 1.82) is 0 Å². The number of hydrogen-bond donors (Lipinski definition) is 1. The summed E-state index contributed by atoms with van der Waals surface area (Å²) in [5.41, 5.74) is 0.455. The second kappa shape index (κ2) is 8.14. The highest BCUT2D eigenvalue weighted by atomic mass is 35.5. The van der Waals surface area contributed by atoms with E-state index in [0.29, 0.717) is 35.1 Å². The van der Waals surface area contributed by atoms with Crippen molar-refractivity contribution in [2.24, 2.45) is 5.92 Å². The molecule has 0 radical (unpaired) electrons. The summed E-state index contributed by atoms with van der Waals surface area (Å²) in [5.74, 6) is -1.32. The van der Waals surface area contributed by atoms with Gasteiger partial charge in [-0.15, -0.1) is 0 Å². The molecule has 2 aromatic rings. The van der Waals surface area contributed by atoms with Crippen LogP contribution in [0.2, 0.25) is 10.0 Å². The minimum atomic E-state index is -3.79. The molecule has 0 saturated carbocycles. The van der Waals surface area contributed by atoms with Crippen LogP contribution in [0.5, 0.6) is 0 Å². The van der Waals surface area contributed by atoms with Crippen LogP contribution in [0.4, 0.5) is 10.1 Å². The molecule has 1 fully saturated rings. The van der Waals surface area contributed by atoms with E-state index < -0.39 is 21.8 Å². The van der Waals surface area contributed by atoms with Crippen LogP contribution in [-0.4, -0.2) is 31.7 Å². The third-order valence-electron chi connectivity index (χ3n) is 4.34. The van der Waals surface area contributed by atoms with Gasteiger partial charge in [0.15, 0.2) is 0 Å². The van der Waals surface area contributed by atoms with Gasteiger partial charge in [-0.2, -0.15) is 4.31 Å². The van der Waals surface area contributed by atoms with Crippen molar-refractivity contribution in [3.8, 4) is 0 Å². The first-order valence-electron chi connectivity index (χ1n) is 8.28. The van der Waals surface area contributed by atoms with Crippen LogP contribution in [-0.2, 0) is 14.8 Å². The molecule has 5 nitrogen and oxygen atoms in total. The zero-order chi connectivity index (χ0) is 19.6. The van der Waals surface area contributed by atoms with E-state index in [1.165, 1.54) is 16.4 Å². The van der Waals surface area contributed by atoms with Crippen LogP contribution in [0.15, 0.2) is 47.4 Å². The Balaban J connectivity index is 1.73. The minimum absolute atomic E-state index is 0.00609. The molecule has 1 atom stereocenters. The van der Waals surface area contributed by atoms with Crippen molar-refractivity contribution in [2.45, 2.75) is 17.7 Å². The van der Waals surface area contributed by atoms with Gasteiger partial charge in [-0.25, -0.2) is 12.8 Å². The Bertz CT molecular complexity index is 931. The van der Waals surface area contributed by atoms with Crippen LogP contribution in [0.25, 0.3) is 0 Å². The van der Waals surface area contributed by atoms with E-state index in [2.05, 4.69) is 5.32 Å². The first-order valence-corrected chi connectivity index (χ1v) is 10.5. The summed E-state index contributed by atoms with van der Waals surface area (Å²) in [4.78, 5) is 12.6. The Labute approximate surface area is 167 Å². The van der Waals surface area contributed by atoms with Crippen LogP contribution in [0.1, 0.15) is 12.8 Å². The standard InChI is InChI=1S/C18H17Cl2FN2O3S/c19-13-8-14(20)10-16(9-13)22-18(24)12-2-1-7-23(11-12)27(25,26)17-5-3-15(21)4-6-17/h3-6,8-10,12H,1-2,7,11H2,(H,22,24)/t12-/m1/s1. The van der Waals surface area contributed by atoms with E-state index in [9.17, 15) is 17.6 Å². The smallest absolute Gasteiger partial charge is 0.243 e. The quantitative estimate of drug-likeness (QED) is 0.790. The van der Waals surface area contributed by atoms with Crippen molar-refractivity contribution in [1.82, 2.24) is 4.31 Å². The van der Waals surface area contributed by atoms with E-state index >= 15 is 0 Å². The Kier molecular flexibility index (Phi) is 6.05. The number of benzene rings is 2. The Morgan fingerprint density at radius 2 is 1.74 bits per heavy atom. The summed E-state index contributed by atoms with van der Waals surface area (Å²) in [6, 6.07) is 9.34. The van der Waals surface area contributed by atoms with Crippen LogP contribution >= 0.6 is 23.2 Å². The molecule has 1 aliphatic rings. The molecule has 1 heterocycles. The summed E-state index contributed by atoms with van der Waals surface area (Å²) in [7, 11) is -3.79. The minimum Gasteiger partial charge on any atom is -0.326 e. The van der Waals surface area contributed by atoms with Crippen molar-refractivity contribution in [3.63, 3.8) is 0 Å². The van der Waals surface area contributed by atoms with Crippen LogP contribution < -0.4 is 5.32 Å². The zero-order valence-corrected chi connectivity index (χ0v) is 16.5. The van der Waals surface area contributed by atoms with Gasteiger partial charge < -0.3 is 5.32 Å². The Morgan fingerprint density at radius 3 is 2.37 bits per heavy atom. The number of amides is 1. The first kappa shape index (κ1) is 20.1. The average molecular weight is 431 g/mol. The lowest BCUT2D eigenvalue weighted by Crippen LogP contribution is -2.43. The van der Waals surface area contributed by atoms with E-state index in [1.54, 1.807) is 18.2 Å². The molecule has 0 aromatic heterocycles. The van der Waals surface area contributed by atoms with E-state index in [-0.39, 0.29) is 17.3 Å². The molecule has 0 unspecified atom stereocenters. The predicted octanol–water partition coefficient (Wildman–Crippen LogP) is 4.17. The number of anilines is 1. The fraction of sp³-hybridized carbons (Fsp3) is 0.278. The van der Waals surface area contributed by atoms with Crippen LogP contribution in [0.3, 0.4) is 0 Å². The van der Waals surface area contributed by atoms with Gasteiger partial charge in [0.05, 0.1) is 10.8 Å². The zero-order valence-electron chi connectivity index (χ0n) is 14.2. The lowest BCUT2D eigenvalue weighted by molar-refractivity contribution is -0.120. The Hall–Kier alpha value is -1.67. The van der Waals surface area contributed by atoms with Gasteiger partial charge in [0.1, 0.15) is 5.82 Å². The summed E-state index contributed by atoms with van der Waals surface area (Å²) in [6.07, 6.45) is 1.12. The maximum absolute atomic E-state index is 13.1. The van der Waals surface area contributed by atoms with Gasteiger partial charge in [-0.3, -0.25) is 4.79 Å². The molecule has 1 amide bonds. The average Bonchev–Trinajstić information content (AvgIpc) is 2.61. The largest absolute Gasteiger partial charge is 0.326 e. The lowest BCUT2D eigenvalue weighted by Gasteiger charge is -2.31. The van der Waals surface area contributed by atoms with Gasteiger partial charge >= 0.3 is 0 Å². The fourth-order valence-corrected chi connectivity index (χ4v) is 5.05. The molecular weight excluding hydrogens is 414 g/mol. The van der Waals surface area contributed by atoms with E-state index in [0.717, 1.165) is 12.1 Å². The maximum atomic E-state index is 13.1. The lowest BCUT2D eigenvalue weighted by atomic mass is 9.99. The molecule has 27 heavy (non-hydrogen) atoms. The molecular formula is C18H17Cl2FN2O3S. The highest BCUT2D eigenvalue weighted by molar-refractivity contribution is 7.89. The number of nitrogens with zero attached hydrogens (tertiary/aromatic N) is 1. The molecule has 0 aliphatic carbocycles. The van der Waals surface area contributed by atoms with Gasteiger partial charge in [0.25, 0.3) is 0 Å². The number of nitrogens with one attached hydrogen (secondary N) is 1. The number of hydrogen-bond acceptors (Lipinski definition) is 3. The van der Waals surface area contributed by atoms with Crippen molar-refractivity contribution in [2.75, 3.05) is 18.4 Å². The number of carbonyl (C=O) groups excluding carboxylic acids is 1. The first-order chi connectivity index (χ1) is 12.8. The van der Waals surface area contributed by atoms with Crippen molar-refractivity contribution in [3.05, 3.63) is 58.3 Å². The van der Waals surface area contributed by atoms with Crippen molar-refractivity contribution >= 4 is 44.8 Å². The maximum Gasteiger partial charge on any atom is 0.243 e. The molecule has 144 valence electrons. The van der Waals surface area contributed by atoms with Gasteiger partial charge in [-0.1, -0.05) is 23.2 Å². The van der Waals surface area contributed by atoms with E-state index in [4.69, 9.17) is 23.2 Å². The number of rotatable bonds is 4. The fourth-order valence-electron chi connectivity index (χ4n) is 3.00. The Morgan fingerprint density at radius 1 is 1.11 bits per heavy atom. The third kappa shape index (κ3) is 4.79. The van der Waals surface area contributed by atoms with Crippen molar-refractivity contribution < 1.29 is 17.6 Å². The molecule has 9 heteroatoms. The molecule has 0 bridgehead atoms. The normalized spacial score (nSPS) is 18.3. The second-order valence-corrected chi connectivity index (χ2v) is 9.11. The van der Waals surface area contributed by atoms with Gasteiger partial charge in [0, 0.05) is 28.8 Å². The number of halogens is 3. The van der Waals surface area contributed by atoms with Gasteiger partial charge in [-0.05, 0) is 55.3 Å². The molecule has 2 aromatic carbocycles. The van der Waals surface area contributed by atoms with Gasteiger partial charge in [0.2, 0.25) is 15.9 Å². The predicted molar refractivity (Wildman–Crippen MR) is 103 cm³/mol. The summed E-state index contributed by atoms with van der Waals surface area (Å²) < 4.78 is 39.8. The second-order valence-electron chi connectivity index (χ2n) is 6.30. The number of sulfonamides is 1. The highest BCUT2D eigenvalue weighted by Crippen LogP contribution is 2.27. The summed E-state index contributed by atoms with van der Waals surface area (Å²) >= 11 is 11.9. The highest BCUT2D eigenvalue weighted by Gasteiger charge is 2.33. The third-order valence-corrected chi connectivity index (χ3v) is 6.65. The monoisotopic (exact) mass is 430 g/mol. The van der Waals surface area contributed by atoms with E-state index in [1.807, 2.05) is 0 Å².